The summed E-state index contributed by atoms with van der Waals surface area (Å²) in [5.41, 5.74) is 2.70. The van der Waals surface area contributed by atoms with Gasteiger partial charge in [-0.05, 0) is 59.6 Å². The van der Waals surface area contributed by atoms with Gasteiger partial charge >= 0.3 is 12.3 Å². The number of ether oxygens (including phenoxy) is 1. The number of anilines is 1. The first-order chi connectivity index (χ1) is 16.5. The van der Waals surface area contributed by atoms with Gasteiger partial charge in [-0.3, -0.25) is 9.59 Å². The Morgan fingerprint density at radius 3 is 2.44 bits per heavy atom. The number of nitrogens with zero attached hydrogens (tertiary/aromatic N) is 3. The van der Waals surface area contributed by atoms with Crippen molar-refractivity contribution in [2.45, 2.75) is 77.4 Å². The molecule has 0 aromatic heterocycles. The molecule has 3 rings (SSSR count). The van der Waals surface area contributed by atoms with Crippen molar-refractivity contribution in [3.63, 3.8) is 0 Å². The first-order valence-electron chi connectivity index (χ1n) is 11.9. The second-order valence-electron chi connectivity index (χ2n) is 10.2. The van der Waals surface area contributed by atoms with Gasteiger partial charge in [0.1, 0.15) is 5.75 Å². The van der Waals surface area contributed by atoms with E-state index in [1.165, 1.54) is 23.6 Å². The van der Waals surface area contributed by atoms with E-state index in [0.29, 0.717) is 19.4 Å². The fourth-order valence-electron chi connectivity index (χ4n) is 4.81. The summed E-state index contributed by atoms with van der Waals surface area (Å²) in [6.07, 6.45) is -5.11. The van der Waals surface area contributed by atoms with Crippen molar-refractivity contribution in [3.05, 3.63) is 23.3 Å². The normalized spacial score (nSPS) is 20.6. The van der Waals surface area contributed by atoms with Gasteiger partial charge in [0, 0.05) is 31.7 Å². The zero-order chi connectivity index (χ0) is 27.2. The summed E-state index contributed by atoms with van der Waals surface area (Å²) in [6, 6.07) is 0.201. The number of carboxylic acid groups (broad SMARTS) is 1. The summed E-state index contributed by atoms with van der Waals surface area (Å²) in [5, 5.41) is 9.40. The monoisotopic (exact) mass is 514 g/mol. The quantitative estimate of drug-likeness (QED) is 0.621. The van der Waals surface area contributed by atoms with E-state index in [4.69, 9.17) is 10.5 Å². The molecule has 0 aliphatic carbocycles. The summed E-state index contributed by atoms with van der Waals surface area (Å²) in [7, 11) is 0. The Bertz CT molecular complexity index is 1040. The van der Waals surface area contributed by atoms with E-state index >= 15 is 0 Å². The minimum Gasteiger partial charge on any atom is -0.476 e. The molecule has 0 unspecified atom stereocenters. The number of rotatable bonds is 5. The molecule has 2 atom stereocenters. The summed E-state index contributed by atoms with van der Waals surface area (Å²) >= 11 is 0. The van der Waals surface area contributed by atoms with E-state index < -0.39 is 58.9 Å². The lowest BCUT2D eigenvalue weighted by Gasteiger charge is -2.42. The third-order valence-electron chi connectivity index (χ3n) is 6.37. The zero-order valence-corrected chi connectivity index (χ0v) is 21.1. The van der Waals surface area contributed by atoms with Crippen molar-refractivity contribution in [3.8, 4) is 5.75 Å². The van der Waals surface area contributed by atoms with E-state index in [1.54, 1.807) is 20.8 Å². The Morgan fingerprint density at radius 1 is 1.28 bits per heavy atom. The third-order valence-corrected chi connectivity index (χ3v) is 6.37. The van der Waals surface area contributed by atoms with Crippen molar-refractivity contribution >= 4 is 23.6 Å². The van der Waals surface area contributed by atoms with E-state index in [2.05, 4.69) is 0 Å². The van der Waals surface area contributed by atoms with Crippen LogP contribution in [0.2, 0.25) is 0 Å². The summed E-state index contributed by atoms with van der Waals surface area (Å²) in [4.78, 5) is 42.0. The van der Waals surface area contributed by atoms with Crippen LogP contribution >= 0.6 is 0 Å². The first-order valence-corrected chi connectivity index (χ1v) is 11.9. The van der Waals surface area contributed by atoms with Crippen LogP contribution in [-0.2, 0) is 11.0 Å². The highest BCUT2D eigenvalue weighted by Gasteiger charge is 2.45. The Labute approximate surface area is 207 Å². The lowest BCUT2D eigenvalue weighted by atomic mass is 9.96. The molecule has 200 valence electrons. The number of benzene rings is 1. The van der Waals surface area contributed by atoms with Crippen LogP contribution < -0.4 is 15.4 Å². The maximum atomic E-state index is 14.2. The van der Waals surface area contributed by atoms with Crippen LogP contribution in [0.4, 0.5) is 23.7 Å². The molecule has 36 heavy (non-hydrogen) atoms. The Balaban J connectivity index is 2.15. The van der Waals surface area contributed by atoms with Gasteiger partial charge < -0.3 is 30.3 Å². The van der Waals surface area contributed by atoms with E-state index in [-0.39, 0.29) is 24.5 Å². The first kappa shape index (κ1) is 27.6. The lowest BCUT2D eigenvalue weighted by Crippen LogP contribution is -2.55. The predicted octanol–water partition coefficient (Wildman–Crippen LogP) is 3.55. The predicted molar refractivity (Wildman–Crippen MR) is 126 cm³/mol. The summed E-state index contributed by atoms with van der Waals surface area (Å²) < 4.78 is 48.3. The third kappa shape index (κ3) is 5.37. The molecule has 3 amide bonds. The van der Waals surface area contributed by atoms with Gasteiger partial charge in [-0.25, -0.2) is 4.79 Å². The number of halogens is 3. The molecule has 0 saturated carbocycles. The second-order valence-corrected chi connectivity index (χ2v) is 10.2. The number of piperidine rings is 1. The van der Waals surface area contributed by atoms with Crippen LogP contribution in [0.5, 0.6) is 5.75 Å². The molecule has 2 aliphatic rings. The van der Waals surface area contributed by atoms with Gasteiger partial charge in [0.15, 0.2) is 5.60 Å². The number of likely N-dealkylation sites (tertiary alicyclic amines) is 1. The highest BCUT2D eigenvalue weighted by atomic mass is 19.4. The SMILES string of the molecule is CC(C)N(C(=O)c1cc2c(cc1C(F)(F)F)OC(C)(C)C(=O)N2C[C@H](C)N)[C@@H]1CCCN(C(=O)O)C1. The molecule has 9 nitrogen and oxygen atoms in total. The molecule has 0 spiro atoms. The summed E-state index contributed by atoms with van der Waals surface area (Å²) in [6.45, 7) is 8.21. The minimum absolute atomic E-state index is 0.00184. The van der Waals surface area contributed by atoms with Gasteiger partial charge in [0.05, 0.1) is 22.9 Å². The van der Waals surface area contributed by atoms with Crippen LogP contribution in [0.15, 0.2) is 12.1 Å². The molecule has 2 aliphatic heterocycles. The van der Waals surface area contributed by atoms with Gasteiger partial charge in [-0.15, -0.1) is 0 Å². The fourth-order valence-corrected chi connectivity index (χ4v) is 4.81. The Morgan fingerprint density at radius 2 is 1.92 bits per heavy atom. The molecule has 1 aromatic carbocycles. The fraction of sp³-hybridized carbons (Fsp3) is 0.625. The molecule has 12 heteroatoms. The van der Waals surface area contributed by atoms with Crippen molar-refractivity contribution in [2.24, 2.45) is 5.73 Å². The average molecular weight is 515 g/mol. The molecule has 3 N–H and O–H groups in total. The smallest absolute Gasteiger partial charge is 0.417 e. The van der Waals surface area contributed by atoms with Gasteiger partial charge in [0.2, 0.25) is 0 Å². The minimum atomic E-state index is -4.89. The number of fused-ring (bicyclic) bond motifs is 1. The molecular weight excluding hydrogens is 481 g/mol. The van der Waals surface area contributed by atoms with Crippen molar-refractivity contribution in [1.29, 1.82) is 0 Å². The van der Waals surface area contributed by atoms with Crippen LogP contribution in [0.1, 0.15) is 63.4 Å². The van der Waals surface area contributed by atoms with Crippen molar-refractivity contribution < 1.29 is 37.4 Å². The molecule has 0 radical (unpaired) electrons. The Hall–Kier alpha value is -3.02. The largest absolute Gasteiger partial charge is 0.476 e. The number of hydrogen-bond donors (Lipinski definition) is 2. The van der Waals surface area contributed by atoms with Crippen LogP contribution in [0, 0.1) is 0 Å². The topological polar surface area (TPSA) is 116 Å². The van der Waals surface area contributed by atoms with Gasteiger partial charge in [0.25, 0.3) is 11.8 Å². The number of amides is 3. The van der Waals surface area contributed by atoms with E-state index in [1.807, 2.05) is 0 Å². The maximum absolute atomic E-state index is 14.2. The molecular formula is C24H33F3N4O5. The van der Waals surface area contributed by atoms with Crippen LogP contribution in [-0.4, -0.2) is 76.2 Å². The molecule has 2 heterocycles. The van der Waals surface area contributed by atoms with Crippen LogP contribution in [0.3, 0.4) is 0 Å². The molecule has 1 saturated heterocycles. The van der Waals surface area contributed by atoms with Gasteiger partial charge in [-0.2, -0.15) is 13.2 Å². The standard InChI is InChI=1S/C24H33F3N4O5/c1-13(2)31(15-7-6-8-29(12-15)22(34)35)20(32)16-9-18-19(10-17(16)24(25,26)27)36-23(4,5)21(33)30(18)11-14(3)28/h9-10,13-15H,6-8,11-12,28H2,1-5H3,(H,34,35)/t14-,15+/m0/s1. The molecule has 1 aromatic rings. The molecule has 0 bridgehead atoms. The highest BCUT2D eigenvalue weighted by molar-refractivity contribution is 6.05. The average Bonchev–Trinajstić information content (AvgIpc) is 2.75. The van der Waals surface area contributed by atoms with E-state index in [9.17, 15) is 32.7 Å². The number of nitrogens with two attached hydrogens (primary N) is 1. The molecule has 1 fully saturated rings. The summed E-state index contributed by atoms with van der Waals surface area (Å²) in [5.74, 6) is -1.55. The number of carbonyl (C=O) groups excluding carboxylic acids is 2. The van der Waals surface area contributed by atoms with Crippen molar-refractivity contribution in [1.82, 2.24) is 9.80 Å². The number of hydrogen-bond acceptors (Lipinski definition) is 5. The number of carbonyl (C=O) groups is 3. The second kappa shape index (κ2) is 9.79. The maximum Gasteiger partial charge on any atom is 0.417 e. The van der Waals surface area contributed by atoms with E-state index in [0.717, 1.165) is 17.0 Å². The lowest BCUT2D eigenvalue weighted by molar-refractivity contribution is -0.138. The van der Waals surface area contributed by atoms with Crippen LogP contribution in [0.25, 0.3) is 0 Å². The Kier molecular flexibility index (Phi) is 7.50. The number of alkyl halides is 3. The van der Waals surface area contributed by atoms with Gasteiger partial charge in [-0.1, -0.05) is 0 Å². The van der Waals surface area contributed by atoms with Crippen molar-refractivity contribution in [2.75, 3.05) is 24.5 Å². The highest BCUT2D eigenvalue weighted by Crippen LogP contribution is 2.44. The zero-order valence-electron chi connectivity index (χ0n) is 21.1.